The molecule has 0 saturated heterocycles. The Labute approximate surface area is 180 Å². The Hall–Kier alpha value is -3.88. The van der Waals surface area contributed by atoms with Gasteiger partial charge in [0.1, 0.15) is 18.0 Å². The number of anilines is 2. The van der Waals surface area contributed by atoms with Crippen LogP contribution in [0.2, 0.25) is 0 Å². The third-order valence-corrected chi connectivity index (χ3v) is 4.80. The maximum Gasteiger partial charge on any atom is 0.278 e. The lowest BCUT2D eigenvalue weighted by Crippen LogP contribution is -2.21. The van der Waals surface area contributed by atoms with Crippen LogP contribution in [0, 0.1) is 20.8 Å². The maximum atomic E-state index is 12.7. The standard InChI is InChI=1S/C22H25N5O4/c1-13-6-8-17(14(2)10-13)23-20(28)12-27-15(3)21(25-26-27)22(29)24-18-11-16(30-4)7-9-19(18)31-5/h6-11H,12H2,1-5H3,(H,23,28)(H,24,29). The first-order chi connectivity index (χ1) is 14.8. The highest BCUT2D eigenvalue weighted by molar-refractivity contribution is 6.04. The molecule has 162 valence electrons. The van der Waals surface area contributed by atoms with Gasteiger partial charge in [-0.25, -0.2) is 4.68 Å². The average molecular weight is 423 g/mol. The zero-order chi connectivity index (χ0) is 22.5. The molecule has 31 heavy (non-hydrogen) atoms. The van der Waals surface area contributed by atoms with Gasteiger partial charge in [-0.3, -0.25) is 9.59 Å². The summed E-state index contributed by atoms with van der Waals surface area (Å²) in [7, 11) is 3.04. The lowest BCUT2D eigenvalue weighted by Gasteiger charge is -2.11. The van der Waals surface area contributed by atoms with Crippen LogP contribution >= 0.6 is 0 Å². The van der Waals surface area contributed by atoms with Gasteiger partial charge in [-0.1, -0.05) is 22.9 Å². The first-order valence-electron chi connectivity index (χ1n) is 9.63. The Balaban J connectivity index is 1.72. The quantitative estimate of drug-likeness (QED) is 0.605. The van der Waals surface area contributed by atoms with Gasteiger partial charge in [0.05, 0.1) is 25.6 Å². The molecule has 0 saturated carbocycles. The summed E-state index contributed by atoms with van der Waals surface area (Å²) in [5, 5.41) is 13.5. The normalized spacial score (nSPS) is 10.5. The highest BCUT2D eigenvalue weighted by Crippen LogP contribution is 2.29. The Morgan fingerprint density at radius 2 is 1.74 bits per heavy atom. The number of aromatic nitrogens is 3. The van der Waals surface area contributed by atoms with Crippen molar-refractivity contribution in [1.29, 1.82) is 0 Å². The van der Waals surface area contributed by atoms with Crippen molar-refractivity contribution in [2.75, 3.05) is 24.9 Å². The van der Waals surface area contributed by atoms with E-state index in [1.165, 1.54) is 18.9 Å². The predicted octanol–water partition coefficient (Wildman–Crippen LogP) is 3.11. The number of amides is 2. The van der Waals surface area contributed by atoms with Crippen LogP contribution in [-0.2, 0) is 11.3 Å². The summed E-state index contributed by atoms with van der Waals surface area (Å²) in [6.07, 6.45) is 0. The number of nitrogens with one attached hydrogen (secondary N) is 2. The molecule has 0 fully saturated rings. The van der Waals surface area contributed by atoms with E-state index in [0.29, 0.717) is 22.9 Å². The van der Waals surface area contributed by atoms with E-state index >= 15 is 0 Å². The van der Waals surface area contributed by atoms with Crippen molar-refractivity contribution in [3.8, 4) is 11.5 Å². The van der Waals surface area contributed by atoms with Gasteiger partial charge in [0.15, 0.2) is 5.69 Å². The van der Waals surface area contributed by atoms with E-state index in [1.807, 2.05) is 32.0 Å². The molecule has 0 unspecified atom stereocenters. The van der Waals surface area contributed by atoms with Crippen LogP contribution in [0.1, 0.15) is 27.3 Å². The first kappa shape index (κ1) is 21.8. The number of hydrogen-bond acceptors (Lipinski definition) is 6. The van der Waals surface area contributed by atoms with Crippen LogP contribution in [0.15, 0.2) is 36.4 Å². The van der Waals surface area contributed by atoms with Gasteiger partial charge >= 0.3 is 0 Å². The molecule has 1 aromatic heterocycles. The summed E-state index contributed by atoms with van der Waals surface area (Å²) >= 11 is 0. The summed E-state index contributed by atoms with van der Waals surface area (Å²) in [6.45, 7) is 5.54. The summed E-state index contributed by atoms with van der Waals surface area (Å²) in [4.78, 5) is 25.2. The second-order valence-corrected chi connectivity index (χ2v) is 7.07. The third kappa shape index (κ3) is 5.00. The van der Waals surface area contributed by atoms with Gasteiger partial charge < -0.3 is 20.1 Å². The molecule has 9 heteroatoms. The summed E-state index contributed by atoms with van der Waals surface area (Å²) < 4.78 is 11.9. The molecule has 9 nitrogen and oxygen atoms in total. The molecule has 2 amide bonds. The van der Waals surface area contributed by atoms with Crippen molar-refractivity contribution >= 4 is 23.2 Å². The van der Waals surface area contributed by atoms with Gasteiger partial charge in [-0.2, -0.15) is 0 Å². The number of rotatable bonds is 7. The third-order valence-electron chi connectivity index (χ3n) is 4.80. The van der Waals surface area contributed by atoms with Crippen molar-refractivity contribution in [3.63, 3.8) is 0 Å². The molecule has 0 bridgehead atoms. The minimum atomic E-state index is -0.468. The van der Waals surface area contributed by atoms with Gasteiger partial charge in [0.2, 0.25) is 5.91 Å². The molecular formula is C22H25N5O4. The van der Waals surface area contributed by atoms with E-state index in [1.54, 1.807) is 25.1 Å². The second-order valence-electron chi connectivity index (χ2n) is 7.07. The minimum absolute atomic E-state index is 0.0675. The molecule has 0 aliphatic rings. The average Bonchev–Trinajstić information content (AvgIpc) is 3.10. The zero-order valence-electron chi connectivity index (χ0n) is 18.1. The van der Waals surface area contributed by atoms with Crippen LogP contribution in [0.3, 0.4) is 0 Å². The molecule has 2 N–H and O–H groups in total. The molecule has 0 radical (unpaired) electrons. The van der Waals surface area contributed by atoms with Gasteiger partial charge in [0, 0.05) is 11.8 Å². The van der Waals surface area contributed by atoms with E-state index in [2.05, 4.69) is 20.9 Å². The molecule has 2 aromatic carbocycles. The summed E-state index contributed by atoms with van der Waals surface area (Å²) in [6, 6.07) is 10.8. The number of nitrogens with zero attached hydrogens (tertiary/aromatic N) is 3. The Morgan fingerprint density at radius 1 is 0.968 bits per heavy atom. The van der Waals surface area contributed by atoms with Crippen molar-refractivity contribution in [2.24, 2.45) is 0 Å². The molecule has 3 rings (SSSR count). The van der Waals surface area contributed by atoms with Crippen LogP contribution < -0.4 is 20.1 Å². The van der Waals surface area contributed by atoms with E-state index in [0.717, 1.165) is 16.8 Å². The Bertz CT molecular complexity index is 1120. The number of carbonyl (C=O) groups excluding carboxylic acids is 2. The number of benzene rings is 2. The number of methoxy groups -OCH3 is 2. The lowest BCUT2D eigenvalue weighted by molar-refractivity contribution is -0.117. The Kier molecular flexibility index (Phi) is 6.54. The smallest absolute Gasteiger partial charge is 0.278 e. The van der Waals surface area contributed by atoms with Crippen molar-refractivity contribution in [2.45, 2.75) is 27.3 Å². The van der Waals surface area contributed by atoms with E-state index < -0.39 is 5.91 Å². The molecule has 0 aliphatic carbocycles. The molecule has 0 atom stereocenters. The molecule has 1 heterocycles. The Morgan fingerprint density at radius 3 is 2.42 bits per heavy atom. The SMILES string of the molecule is COc1ccc(OC)c(NC(=O)c2nnn(CC(=O)Nc3ccc(C)cc3C)c2C)c1. The van der Waals surface area contributed by atoms with Crippen molar-refractivity contribution in [3.05, 3.63) is 58.9 Å². The lowest BCUT2D eigenvalue weighted by atomic mass is 10.1. The molecular weight excluding hydrogens is 398 g/mol. The predicted molar refractivity (Wildman–Crippen MR) is 117 cm³/mol. The van der Waals surface area contributed by atoms with Crippen LogP contribution in [-0.4, -0.2) is 41.0 Å². The van der Waals surface area contributed by atoms with Crippen LogP contribution in [0.4, 0.5) is 11.4 Å². The largest absolute Gasteiger partial charge is 0.497 e. The highest BCUT2D eigenvalue weighted by atomic mass is 16.5. The topological polar surface area (TPSA) is 107 Å². The van der Waals surface area contributed by atoms with Crippen molar-refractivity contribution in [1.82, 2.24) is 15.0 Å². The summed E-state index contributed by atoms with van der Waals surface area (Å²) in [5.74, 6) is 0.318. The van der Waals surface area contributed by atoms with Crippen molar-refractivity contribution < 1.29 is 19.1 Å². The van der Waals surface area contributed by atoms with E-state index in [9.17, 15) is 9.59 Å². The van der Waals surface area contributed by atoms with Gasteiger partial charge in [-0.05, 0) is 44.5 Å². The summed E-state index contributed by atoms with van der Waals surface area (Å²) in [5.41, 5.74) is 3.84. The number of ether oxygens (including phenoxy) is 2. The van der Waals surface area contributed by atoms with Crippen LogP contribution in [0.5, 0.6) is 11.5 Å². The second kappa shape index (κ2) is 9.29. The molecule has 0 spiro atoms. The fraction of sp³-hybridized carbons (Fsp3) is 0.273. The first-order valence-corrected chi connectivity index (χ1v) is 9.63. The number of carbonyl (C=O) groups is 2. The van der Waals surface area contributed by atoms with Gasteiger partial charge in [0.25, 0.3) is 5.91 Å². The van der Waals surface area contributed by atoms with E-state index in [-0.39, 0.29) is 18.1 Å². The number of hydrogen-bond donors (Lipinski definition) is 2. The molecule has 0 aliphatic heterocycles. The molecule has 3 aromatic rings. The fourth-order valence-corrected chi connectivity index (χ4v) is 3.09. The van der Waals surface area contributed by atoms with Crippen LogP contribution in [0.25, 0.3) is 0 Å². The highest BCUT2D eigenvalue weighted by Gasteiger charge is 2.20. The minimum Gasteiger partial charge on any atom is -0.497 e. The zero-order valence-corrected chi connectivity index (χ0v) is 18.1. The fourth-order valence-electron chi connectivity index (χ4n) is 3.09. The maximum absolute atomic E-state index is 12.7. The van der Waals surface area contributed by atoms with Gasteiger partial charge in [-0.15, -0.1) is 5.10 Å². The van der Waals surface area contributed by atoms with E-state index in [4.69, 9.17) is 9.47 Å². The monoisotopic (exact) mass is 423 g/mol. The number of aryl methyl sites for hydroxylation is 2.